The monoisotopic (exact) mass is 252 g/mol. The second kappa shape index (κ2) is 5.06. The van der Waals surface area contributed by atoms with Gasteiger partial charge in [-0.3, -0.25) is 4.98 Å². The van der Waals surface area contributed by atoms with Crippen molar-refractivity contribution < 1.29 is 4.39 Å². The molecule has 0 saturated carbocycles. The smallest absolute Gasteiger partial charge is 0.146 e. The van der Waals surface area contributed by atoms with Crippen LogP contribution in [0.2, 0.25) is 0 Å². The first-order chi connectivity index (χ1) is 9.33. The van der Waals surface area contributed by atoms with Crippen molar-refractivity contribution in [1.29, 1.82) is 0 Å². The standard InChI is InChI=1S/C16H13FN2/c17-14-5-1-2-6-16(14)19-11-12-7-8-15-13(10-12)4-3-9-18-15/h1-10,19H,11H2. The largest absolute Gasteiger partial charge is 0.379 e. The van der Waals surface area contributed by atoms with Gasteiger partial charge < -0.3 is 5.32 Å². The average Bonchev–Trinajstić information content (AvgIpc) is 2.46. The van der Waals surface area contributed by atoms with Gasteiger partial charge in [0.2, 0.25) is 0 Å². The summed E-state index contributed by atoms with van der Waals surface area (Å²) in [4.78, 5) is 4.27. The summed E-state index contributed by atoms with van der Waals surface area (Å²) in [5.74, 6) is -0.232. The fourth-order valence-electron chi connectivity index (χ4n) is 2.04. The number of benzene rings is 2. The van der Waals surface area contributed by atoms with Gasteiger partial charge in [0.1, 0.15) is 5.82 Å². The summed E-state index contributed by atoms with van der Waals surface area (Å²) >= 11 is 0. The van der Waals surface area contributed by atoms with E-state index in [1.54, 1.807) is 18.3 Å². The highest BCUT2D eigenvalue weighted by Gasteiger charge is 2.01. The van der Waals surface area contributed by atoms with E-state index in [1.807, 2.05) is 30.3 Å². The first kappa shape index (κ1) is 11.7. The molecule has 0 unspecified atom stereocenters. The molecule has 3 aromatic rings. The van der Waals surface area contributed by atoms with Crippen LogP contribution in [0, 0.1) is 5.82 Å². The molecule has 0 aliphatic heterocycles. The third-order valence-electron chi connectivity index (χ3n) is 3.02. The van der Waals surface area contributed by atoms with Crippen molar-refractivity contribution in [1.82, 2.24) is 4.98 Å². The molecule has 0 saturated heterocycles. The van der Waals surface area contributed by atoms with Crippen LogP contribution in [-0.2, 0) is 6.54 Å². The zero-order valence-corrected chi connectivity index (χ0v) is 10.3. The number of aromatic nitrogens is 1. The van der Waals surface area contributed by atoms with Crippen molar-refractivity contribution in [2.75, 3.05) is 5.32 Å². The Labute approximate surface area is 110 Å². The predicted octanol–water partition coefficient (Wildman–Crippen LogP) is 3.99. The van der Waals surface area contributed by atoms with Crippen LogP contribution >= 0.6 is 0 Å². The minimum atomic E-state index is -0.232. The van der Waals surface area contributed by atoms with E-state index >= 15 is 0 Å². The Bertz CT molecular complexity index is 710. The third-order valence-corrected chi connectivity index (χ3v) is 3.02. The highest BCUT2D eigenvalue weighted by molar-refractivity contribution is 5.78. The lowest BCUT2D eigenvalue weighted by Crippen LogP contribution is -2.01. The second-order valence-electron chi connectivity index (χ2n) is 4.36. The number of fused-ring (bicyclic) bond motifs is 1. The Morgan fingerprint density at radius 2 is 1.89 bits per heavy atom. The maximum absolute atomic E-state index is 13.5. The van der Waals surface area contributed by atoms with Gasteiger partial charge in [0.15, 0.2) is 0 Å². The summed E-state index contributed by atoms with van der Waals surface area (Å²) in [5, 5.41) is 4.19. The van der Waals surface area contributed by atoms with Crippen molar-refractivity contribution >= 4 is 16.6 Å². The van der Waals surface area contributed by atoms with Crippen LogP contribution in [-0.4, -0.2) is 4.98 Å². The lowest BCUT2D eigenvalue weighted by molar-refractivity contribution is 0.630. The number of anilines is 1. The van der Waals surface area contributed by atoms with Crippen molar-refractivity contribution in [3.8, 4) is 0 Å². The fraction of sp³-hybridized carbons (Fsp3) is 0.0625. The van der Waals surface area contributed by atoms with E-state index in [1.165, 1.54) is 6.07 Å². The third kappa shape index (κ3) is 2.55. The Morgan fingerprint density at radius 3 is 2.79 bits per heavy atom. The molecule has 0 amide bonds. The Balaban J connectivity index is 1.80. The normalized spacial score (nSPS) is 10.6. The van der Waals surface area contributed by atoms with Gasteiger partial charge in [-0.1, -0.05) is 24.3 Å². The van der Waals surface area contributed by atoms with Crippen LogP contribution in [0.1, 0.15) is 5.56 Å². The first-order valence-corrected chi connectivity index (χ1v) is 6.15. The van der Waals surface area contributed by atoms with E-state index in [4.69, 9.17) is 0 Å². The second-order valence-corrected chi connectivity index (χ2v) is 4.36. The van der Waals surface area contributed by atoms with Gasteiger partial charge in [0.05, 0.1) is 11.2 Å². The lowest BCUT2D eigenvalue weighted by Gasteiger charge is -2.08. The van der Waals surface area contributed by atoms with E-state index in [-0.39, 0.29) is 5.82 Å². The Kier molecular flexibility index (Phi) is 3.11. The molecule has 3 heteroatoms. The minimum absolute atomic E-state index is 0.232. The zero-order valence-electron chi connectivity index (χ0n) is 10.3. The fourth-order valence-corrected chi connectivity index (χ4v) is 2.04. The van der Waals surface area contributed by atoms with Gasteiger partial charge in [0.25, 0.3) is 0 Å². The topological polar surface area (TPSA) is 24.9 Å². The van der Waals surface area contributed by atoms with Crippen LogP contribution in [0.15, 0.2) is 60.8 Å². The van der Waals surface area contributed by atoms with Crippen LogP contribution in [0.25, 0.3) is 10.9 Å². The maximum Gasteiger partial charge on any atom is 0.146 e. The van der Waals surface area contributed by atoms with E-state index in [9.17, 15) is 4.39 Å². The van der Waals surface area contributed by atoms with E-state index in [0.29, 0.717) is 12.2 Å². The number of para-hydroxylation sites is 1. The van der Waals surface area contributed by atoms with E-state index < -0.39 is 0 Å². The van der Waals surface area contributed by atoms with Gasteiger partial charge >= 0.3 is 0 Å². The molecule has 19 heavy (non-hydrogen) atoms. The number of pyridine rings is 1. The van der Waals surface area contributed by atoms with Crippen LogP contribution in [0.3, 0.4) is 0 Å². The summed E-state index contributed by atoms with van der Waals surface area (Å²) in [5.41, 5.74) is 2.59. The molecule has 0 aliphatic carbocycles. The molecule has 94 valence electrons. The lowest BCUT2D eigenvalue weighted by atomic mass is 10.1. The molecule has 0 aliphatic rings. The molecule has 2 nitrogen and oxygen atoms in total. The number of halogens is 1. The van der Waals surface area contributed by atoms with E-state index in [0.717, 1.165) is 16.5 Å². The number of nitrogens with zero attached hydrogens (tertiary/aromatic N) is 1. The molecule has 0 radical (unpaired) electrons. The first-order valence-electron chi connectivity index (χ1n) is 6.15. The van der Waals surface area contributed by atoms with Gasteiger partial charge in [-0.15, -0.1) is 0 Å². The molecule has 1 N–H and O–H groups in total. The van der Waals surface area contributed by atoms with Crippen LogP contribution < -0.4 is 5.32 Å². The van der Waals surface area contributed by atoms with Crippen molar-refractivity contribution in [3.05, 3.63) is 72.2 Å². The van der Waals surface area contributed by atoms with Crippen molar-refractivity contribution in [2.45, 2.75) is 6.54 Å². The predicted molar refractivity (Wildman–Crippen MR) is 75.5 cm³/mol. The number of nitrogens with one attached hydrogen (secondary N) is 1. The molecule has 0 atom stereocenters. The molecule has 1 heterocycles. The van der Waals surface area contributed by atoms with Gasteiger partial charge in [0, 0.05) is 18.1 Å². The molecular weight excluding hydrogens is 239 g/mol. The molecule has 2 aromatic carbocycles. The molecular formula is C16H13FN2. The summed E-state index contributed by atoms with van der Waals surface area (Å²) in [7, 11) is 0. The molecule has 0 bridgehead atoms. The summed E-state index contributed by atoms with van der Waals surface area (Å²) in [6.07, 6.45) is 1.78. The molecule has 3 rings (SSSR count). The number of rotatable bonds is 3. The zero-order chi connectivity index (χ0) is 13.1. The maximum atomic E-state index is 13.5. The van der Waals surface area contributed by atoms with Crippen molar-refractivity contribution in [2.24, 2.45) is 0 Å². The van der Waals surface area contributed by atoms with Crippen LogP contribution in [0.5, 0.6) is 0 Å². The highest BCUT2D eigenvalue weighted by atomic mass is 19.1. The van der Waals surface area contributed by atoms with Gasteiger partial charge in [-0.25, -0.2) is 4.39 Å². The Hall–Kier alpha value is -2.42. The minimum Gasteiger partial charge on any atom is -0.379 e. The quantitative estimate of drug-likeness (QED) is 0.762. The SMILES string of the molecule is Fc1ccccc1NCc1ccc2ncccc2c1. The highest BCUT2D eigenvalue weighted by Crippen LogP contribution is 2.16. The van der Waals surface area contributed by atoms with Gasteiger partial charge in [-0.2, -0.15) is 0 Å². The number of hydrogen-bond donors (Lipinski definition) is 1. The van der Waals surface area contributed by atoms with Gasteiger partial charge in [-0.05, 0) is 35.9 Å². The summed E-state index contributed by atoms with van der Waals surface area (Å²) in [6.45, 7) is 0.589. The molecule has 1 aromatic heterocycles. The van der Waals surface area contributed by atoms with Crippen LogP contribution in [0.4, 0.5) is 10.1 Å². The number of hydrogen-bond acceptors (Lipinski definition) is 2. The molecule has 0 fully saturated rings. The van der Waals surface area contributed by atoms with E-state index in [2.05, 4.69) is 16.4 Å². The Morgan fingerprint density at radius 1 is 1.00 bits per heavy atom. The van der Waals surface area contributed by atoms with Crippen molar-refractivity contribution in [3.63, 3.8) is 0 Å². The average molecular weight is 252 g/mol. The molecule has 0 spiro atoms. The summed E-state index contributed by atoms with van der Waals surface area (Å²) in [6, 6.07) is 16.7. The summed E-state index contributed by atoms with van der Waals surface area (Å²) < 4.78 is 13.5.